The van der Waals surface area contributed by atoms with Gasteiger partial charge in [-0.3, -0.25) is 4.90 Å². The van der Waals surface area contributed by atoms with Crippen LogP contribution in [0.3, 0.4) is 0 Å². The van der Waals surface area contributed by atoms with Crippen LogP contribution in [0.4, 0.5) is 0 Å². The summed E-state index contributed by atoms with van der Waals surface area (Å²) in [4.78, 5) is 10.7. The second kappa shape index (κ2) is 5.96. The van der Waals surface area contributed by atoms with Gasteiger partial charge in [0.05, 0.1) is 17.6 Å². The Morgan fingerprint density at radius 3 is 2.80 bits per heavy atom. The normalized spacial score (nSPS) is 17.1. The monoisotopic (exact) mass is 271 g/mol. The summed E-state index contributed by atoms with van der Waals surface area (Å²) in [5.74, 6) is 1.10. The first-order valence-corrected chi connectivity index (χ1v) is 7.94. The van der Waals surface area contributed by atoms with Gasteiger partial charge in [-0.2, -0.15) is 0 Å². The summed E-state index contributed by atoms with van der Waals surface area (Å²) >= 11 is 0. The van der Waals surface area contributed by atoms with Crippen molar-refractivity contribution < 1.29 is 0 Å². The van der Waals surface area contributed by atoms with Gasteiger partial charge in [-0.05, 0) is 44.0 Å². The van der Waals surface area contributed by atoms with Gasteiger partial charge in [-0.1, -0.05) is 32.3 Å². The molecule has 3 heteroatoms. The minimum atomic E-state index is 0.739. The fourth-order valence-corrected chi connectivity index (χ4v) is 3.29. The van der Waals surface area contributed by atoms with Gasteiger partial charge in [0.2, 0.25) is 0 Å². The molecule has 1 fully saturated rings. The highest BCUT2D eigenvalue weighted by molar-refractivity contribution is 5.75. The smallest absolute Gasteiger partial charge is 0.121 e. The van der Waals surface area contributed by atoms with Gasteiger partial charge in [0, 0.05) is 6.04 Å². The van der Waals surface area contributed by atoms with Gasteiger partial charge in [0.1, 0.15) is 5.82 Å². The summed E-state index contributed by atoms with van der Waals surface area (Å²) in [5, 5.41) is 0. The molecule has 0 spiro atoms. The van der Waals surface area contributed by atoms with Crippen LogP contribution >= 0.6 is 0 Å². The molecule has 1 heterocycles. The Labute approximate surface area is 121 Å². The number of aromatic amines is 1. The average molecular weight is 271 g/mol. The number of H-pyrrole nitrogens is 1. The summed E-state index contributed by atoms with van der Waals surface area (Å²) in [7, 11) is 2.24. The third kappa shape index (κ3) is 2.88. The number of hydrogen-bond acceptors (Lipinski definition) is 2. The van der Waals surface area contributed by atoms with Crippen molar-refractivity contribution in [1.82, 2.24) is 14.9 Å². The number of imidazole rings is 1. The first kappa shape index (κ1) is 13.6. The SMILES string of the molecule is CCc1ccc2nc(CN(C)C3CCCCC3)[nH]c2c1. The van der Waals surface area contributed by atoms with Crippen LogP contribution in [0.2, 0.25) is 0 Å². The molecular formula is C17H25N3. The molecule has 0 bridgehead atoms. The van der Waals surface area contributed by atoms with Crippen molar-refractivity contribution in [2.75, 3.05) is 7.05 Å². The number of benzene rings is 1. The molecule has 3 rings (SSSR count). The van der Waals surface area contributed by atoms with Gasteiger partial charge in [-0.25, -0.2) is 4.98 Å². The van der Waals surface area contributed by atoms with Crippen molar-refractivity contribution in [2.45, 2.75) is 58.0 Å². The zero-order valence-electron chi connectivity index (χ0n) is 12.7. The molecular weight excluding hydrogens is 246 g/mol. The summed E-state index contributed by atoms with van der Waals surface area (Å²) in [5.41, 5.74) is 3.64. The van der Waals surface area contributed by atoms with Gasteiger partial charge >= 0.3 is 0 Å². The standard InChI is InChI=1S/C17H25N3/c1-3-13-9-10-15-16(11-13)19-17(18-15)12-20(2)14-7-5-4-6-8-14/h9-11,14H,3-8,12H2,1-2H3,(H,18,19). The Balaban J connectivity index is 1.73. The van der Waals surface area contributed by atoms with Crippen LogP contribution in [-0.2, 0) is 13.0 Å². The minimum absolute atomic E-state index is 0.739. The molecule has 20 heavy (non-hydrogen) atoms. The lowest BCUT2D eigenvalue weighted by Gasteiger charge is -2.30. The maximum atomic E-state index is 4.73. The molecule has 1 N–H and O–H groups in total. The Hall–Kier alpha value is -1.35. The maximum absolute atomic E-state index is 4.73. The highest BCUT2D eigenvalue weighted by atomic mass is 15.2. The van der Waals surface area contributed by atoms with Crippen LogP contribution < -0.4 is 0 Å². The number of nitrogens with one attached hydrogen (secondary N) is 1. The zero-order valence-corrected chi connectivity index (χ0v) is 12.7. The molecule has 1 aromatic heterocycles. The average Bonchev–Trinajstić information content (AvgIpc) is 2.89. The number of rotatable bonds is 4. The molecule has 0 amide bonds. The fourth-order valence-electron chi connectivity index (χ4n) is 3.29. The van der Waals surface area contributed by atoms with Crippen LogP contribution in [0.5, 0.6) is 0 Å². The molecule has 1 aliphatic rings. The van der Waals surface area contributed by atoms with Crippen molar-refractivity contribution in [2.24, 2.45) is 0 Å². The van der Waals surface area contributed by atoms with E-state index in [1.165, 1.54) is 43.2 Å². The largest absolute Gasteiger partial charge is 0.341 e. The molecule has 0 radical (unpaired) electrons. The lowest BCUT2D eigenvalue weighted by atomic mass is 9.94. The van der Waals surface area contributed by atoms with Gasteiger partial charge < -0.3 is 4.98 Å². The highest BCUT2D eigenvalue weighted by Crippen LogP contribution is 2.23. The molecule has 0 unspecified atom stereocenters. The van der Waals surface area contributed by atoms with E-state index in [0.717, 1.165) is 30.3 Å². The highest BCUT2D eigenvalue weighted by Gasteiger charge is 2.18. The predicted molar refractivity (Wildman–Crippen MR) is 83.8 cm³/mol. The second-order valence-electron chi connectivity index (χ2n) is 6.10. The van der Waals surface area contributed by atoms with Crippen LogP contribution in [0.15, 0.2) is 18.2 Å². The minimum Gasteiger partial charge on any atom is -0.341 e. The summed E-state index contributed by atoms with van der Waals surface area (Å²) in [6.07, 6.45) is 7.94. The third-order valence-electron chi connectivity index (χ3n) is 4.60. The zero-order chi connectivity index (χ0) is 13.9. The van der Waals surface area contributed by atoms with Gasteiger partial charge in [0.25, 0.3) is 0 Å². The number of nitrogens with zero attached hydrogens (tertiary/aromatic N) is 2. The maximum Gasteiger partial charge on any atom is 0.121 e. The summed E-state index contributed by atoms with van der Waals surface area (Å²) in [6, 6.07) is 7.28. The van der Waals surface area contributed by atoms with Crippen LogP contribution in [0.1, 0.15) is 50.4 Å². The quantitative estimate of drug-likeness (QED) is 0.915. The lowest BCUT2D eigenvalue weighted by molar-refractivity contribution is 0.181. The summed E-state index contributed by atoms with van der Waals surface area (Å²) < 4.78 is 0. The molecule has 0 saturated heterocycles. The molecule has 1 saturated carbocycles. The van der Waals surface area contributed by atoms with E-state index in [-0.39, 0.29) is 0 Å². The van der Waals surface area contributed by atoms with Crippen LogP contribution in [0, 0.1) is 0 Å². The van der Waals surface area contributed by atoms with Crippen molar-refractivity contribution >= 4 is 11.0 Å². The molecule has 2 aromatic rings. The van der Waals surface area contributed by atoms with Crippen LogP contribution in [0.25, 0.3) is 11.0 Å². The van der Waals surface area contributed by atoms with Gasteiger partial charge in [0.15, 0.2) is 0 Å². The molecule has 0 atom stereocenters. The molecule has 1 aliphatic carbocycles. The van der Waals surface area contributed by atoms with E-state index in [1.54, 1.807) is 0 Å². The molecule has 108 valence electrons. The van der Waals surface area contributed by atoms with E-state index in [2.05, 4.69) is 42.1 Å². The Kier molecular flexibility index (Phi) is 4.06. The van der Waals surface area contributed by atoms with Gasteiger partial charge in [-0.15, -0.1) is 0 Å². The Morgan fingerprint density at radius 1 is 1.25 bits per heavy atom. The Bertz CT molecular complexity index is 567. The second-order valence-corrected chi connectivity index (χ2v) is 6.10. The van der Waals surface area contributed by atoms with E-state index >= 15 is 0 Å². The first-order chi connectivity index (χ1) is 9.76. The van der Waals surface area contributed by atoms with Crippen LogP contribution in [-0.4, -0.2) is 28.0 Å². The fraction of sp³-hybridized carbons (Fsp3) is 0.588. The van der Waals surface area contributed by atoms with Crippen molar-refractivity contribution in [1.29, 1.82) is 0 Å². The summed E-state index contributed by atoms with van der Waals surface area (Å²) in [6.45, 7) is 3.12. The van der Waals surface area contributed by atoms with E-state index in [9.17, 15) is 0 Å². The number of fused-ring (bicyclic) bond motifs is 1. The number of hydrogen-bond donors (Lipinski definition) is 1. The molecule has 1 aromatic carbocycles. The molecule has 0 aliphatic heterocycles. The first-order valence-electron chi connectivity index (χ1n) is 7.94. The van der Waals surface area contributed by atoms with E-state index in [1.807, 2.05) is 0 Å². The number of aromatic nitrogens is 2. The van der Waals surface area contributed by atoms with E-state index in [0.29, 0.717) is 0 Å². The Morgan fingerprint density at radius 2 is 2.05 bits per heavy atom. The predicted octanol–water partition coefficient (Wildman–Crippen LogP) is 3.89. The lowest BCUT2D eigenvalue weighted by Crippen LogP contribution is -2.33. The van der Waals surface area contributed by atoms with Crippen molar-refractivity contribution in [3.05, 3.63) is 29.6 Å². The van der Waals surface area contributed by atoms with Crippen molar-refractivity contribution in [3.8, 4) is 0 Å². The van der Waals surface area contributed by atoms with E-state index < -0.39 is 0 Å². The van der Waals surface area contributed by atoms with E-state index in [4.69, 9.17) is 4.98 Å². The molecule has 3 nitrogen and oxygen atoms in total. The topological polar surface area (TPSA) is 31.9 Å². The van der Waals surface area contributed by atoms with Crippen molar-refractivity contribution in [3.63, 3.8) is 0 Å². The number of aryl methyl sites for hydroxylation is 1. The third-order valence-corrected chi connectivity index (χ3v) is 4.60.